The van der Waals surface area contributed by atoms with Gasteiger partial charge in [-0.3, -0.25) is 14.9 Å². The summed E-state index contributed by atoms with van der Waals surface area (Å²) in [5, 5.41) is 2.53. The number of hydrogen-bond donors (Lipinski definition) is 3. The van der Waals surface area contributed by atoms with Crippen molar-refractivity contribution in [3.05, 3.63) is 28.3 Å². The highest BCUT2D eigenvalue weighted by molar-refractivity contribution is 5.92. The monoisotopic (exact) mass is 393 g/mol. The third-order valence-electron chi connectivity index (χ3n) is 4.10. The normalized spacial score (nSPS) is 11.7. The number of benzene rings is 1. The van der Waals surface area contributed by atoms with Crippen LogP contribution in [0.3, 0.4) is 0 Å². The number of H-pyrrole nitrogens is 1. The van der Waals surface area contributed by atoms with E-state index in [1.165, 1.54) is 14.2 Å². The molecule has 0 aliphatic rings. The summed E-state index contributed by atoms with van der Waals surface area (Å²) in [6, 6.07) is 3.20. The first-order valence-electron chi connectivity index (χ1n) is 8.86. The van der Waals surface area contributed by atoms with Crippen LogP contribution in [0.15, 0.2) is 16.9 Å². The topological polar surface area (TPSA) is 124 Å². The van der Waals surface area contributed by atoms with E-state index in [0.29, 0.717) is 41.3 Å². The molecule has 2 rings (SSSR count). The van der Waals surface area contributed by atoms with Crippen LogP contribution < -0.4 is 25.2 Å². The van der Waals surface area contributed by atoms with Crippen molar-refractivity contribution in [2.75, 3.05) is 33.9 Å². The number of amides is 2. The molecule has 0 fully saturated rings. The lowest BCUT2D eigenvalue weighted by molar-refractivity contribution is -0.904. The fourth-order valence-corrected chi connectivity index (χ4v) is 2.70. The maximum atomic E-state index is 12.4. The first kappa shape index (κ1) is 21.2. The molecule has 2 amide bonds. The van der Waals surface area contributed by atoms with E-state index in [-0.39, 0.29) is 18.7 Å². The molecule has 10 heteroatoms. The molecule has 0 saturated carbocycles. The molecule has 0 spiro atoms. The van der Waals surface area contributed by atoms with Gasteiger partial charge < -0.3 is 24.1 Å². The Labute approximate surface area is 161 Å². The first-order valence-corrected chi connectivity index (χ1v) is 8.86. The number of fused-ring (bicyclic) bond motifs is 1. The minimum absolute atomic E-state index is 0.0307. The van der Waals surface area contributed by atoms with Crippen LogP contribution in [0.25, 0.3) is 10.9 Å². The van der Waals surface area contributed by atoms with Gasteiger partial charge in [0.15, 0.2) is 23.9 Å². The Bertz CT molecular complexity index is 911. The van der Waals surface area contributed by atoms with Crippen LogP contribution in [-0.2, 0) is 16.1 Å². The zero-order valence-electron chi connectivity index (χ0n) is 16.4. The van der Waals surface area contributed by atoms with Crippen molar-refractivity contribution in [2.45, 2.75) is 20.4 Å². The maximum absolute atomic E-state index is 12.4. The van der Waals surface area contributed by atoms with E-state index in [0.717, 1.165) is 4.90 Å². The Morgan fingerprint density at radius 2 is 1.86 bits per heavy atom. The van der Waals surface area contributed by atoms with Crippen molar-refractivity contribution >= 4 is 22.9 Å². The molecular formula is C18H25N4O6+. The number of carbonyl (C=O) groups is 2. The second-order valence-corrected chi connectivity index (χ2v) is 5.96. The van der Waals surface area contributed by atoms with Crippen molar-refractivity contribution in [1.29, 1.82) is 0 Å². The molecule has 1 heterocycles. The number of aromatic amines is 1. The molecule has 10 nitrogen and oxygen atoms in total. The van der Waals surface area contributed by atoms with Crippen LogP contribution in [0.4, 0.5) is 4.79 Å². The van der Waals surface area contributed by atoms with Gasteiger partial charge in [-0.1, -0.05) is 0 Å². The number of hydrogen-bond acceptors (Lipinski definition) is 7. The number of aromatic nitrogens is 2. The molecular weight excluding hydrogens is 368 g/mol. The molecule has 0 saturated heterocycles. The second kappa shape index (κ2) is 9.70. The average Bonchev–Trinajstić information content (AvgIpc) is 2.66. The molecule has 152 valence electrons. The summed E-state index contributed by atoms with van der Waals surface area (Å²) >= 11 is 0. The Morgan fingerprint density at radius 3 is 2.46 bits per heavy atom. The lowest BCUT2D eigenvalue weighted by Crippen LogP contribution is -3.11. The first-order chi connectivity index (χ1) is 13.4. The summed E-state index contributed by atoms with van der Waals surface area (Å²) in [6.45, 7) is 4.64. The van der Waals surface area contributed by atoms with Gasteiger partial charge >= 0.3 is 6.09 Å². The maximum Gasteiger partial charge on any atom is 0.414 e. The number of imide groups is 1. The summed E-state index contributed by atoms with van der Waals surface area (Å²) in [4.78, 5) is 43.8. The van der Waals surface area contributed by atoms with Crippen molar-refractivity contribution in [3.8, 4) is 11.5 Å². The Balaban J connectivity index is 2.20. The molecule has 1 atom stereocenters. The number of carbonyl (C=O) groups excluding carboxylic acids is 2. The summed E-state index contributed by atoms with van der Waals surface area (Å²) < 4.78 is 15.2. The minimum Gasteiger partial charge on any atom is -0.493 e. The average molecular weight is 393 g/mol. The Kier molecular flexibility index (Phi) is 7.33. The van der Waals surface area contributed by atoms with E-state index in [4.69, 9.17) is 9.47 Å². The predicted octanol–water partition coefficient (Wildman–Crippen LogP) is -0.382. The highest BCUT2D eigenvalue weighted by Crippen LogP contribution is 2.29. The number of methoxy groups -OCH3 is 2. The smallest absolute Gasteiger partial charge is 0.414 e. The van der Waals surface area contributed by atoms with E-state index in [1.807, 2.05) is 6.92 Å². The SMILES string of the molecule is CCOC(=O)NC(=O)C[NH+](CC)Cc1nc2cc(OC)c(OC)cc2c(=O)[nH]1. The zero-order valence-corrected chi connectivity index (χ0v) is 16.4. The van der Waals surface area contributed by atoms with Gasteiger partial charge in [-0.25, -0.2) is 9.78 Å². The van der Waals surface area contributed by atoms with Gasteiger partial charge in [0.25, 0.3) is 11.5 Å². The Morgan fingerprint density at radius 1 is 1.18 bits per heavy atom. The molecule has 1 aromatic heterocycles. The molecule has 1 unspecified atom stereocenters. The van der Waals surface area contributed by atoms with Gasteiger partial charge in [-0.15, -0.1) is 0 Å². The van der Waals surface area contributed by atoms with Gasteiger partial charge in [0.05, 0.1) is 38.3 Å². The number of quaternary nitrogens is 1. The van der Waals surface area contributed by atoms with Gasteiger partial charge in [-0.2, -0.15) is 0 Å². The standard InChI is InChI=1S/C18H24N4O6/c1-5-22(10-16(23)21-18(25)28-6-2)9-15-19-12-8-14(27-4)13(26-3)7-11(12)17(24)20-15/h7-8H,5-6,9-10H2,1-4H3,(H,19,20,24)(H,21,23,25)/p+1. The number of likely N-dealkylation sites (N-methyl/N-ethyl adjacent to an activating group) is 1. The third kappa shape index (κ3) is 5.19. The van der Waals surface area contributed by atoms with Gasteiger partial charge in [0.1, 0.15) is 6.54 Å². The van der Waals surface area contributed by atoms with Gasteiger partial charge in [-0.05, 0) is 19.9 Å². The number of ether oxygens (including phenoxy) is 3. The summed E-state index contributed by atoms with van der Waals surface area (Å²) in [6.07, 6.45) is -0.777. The third-order valence-corrected chi connectivity index (χ3v) is 4.10. The number of rotatable bonds is 8. The van der Waals surface area contributed by atoms with Gasteiger partial charge in [0, 0.05) is 6.07 Å². The molecule has 28 heavy (non-hydrogen) atoms. The number of nitrogens with zero attached hydrogens (tertiary/aromatic N) is 1. The fourth-order valence-electron chi connectivity index (χ4n) is 2.70. The molecule has 3 N–H and O–H groups in total. The molecule has 2 aromatic rings. The molecule has 0 bridgehead atoms. The number of nitrogens with one attached hydrogen (secondary N) is 3. The molecule has 0 aliphatic heterocycles. The van der Waals surface area contributed by atoms with Crippen molar-refractivity contribution in [1.82, 2.24) is 15.3 Å². The molecule has 1 aromatic carbocycles. The van der Waals surface area contributed by atoms with E-state index >= 15 is 0 Å². The van der Waals surface area contributed by atoms with Crippen LogP contribution in [0.2, 0.25) is 0 Å². The van der Waals surface area contributed by atoms with Crippen LogP contribution in [-0.4, -0.2) is 55.9 Å². The fraction of sp³-hybridized carbons (Fsp3) is 0.444. The van der Waals surface area contributed by atoms with E-state index in [2.05, 4.69) is 20.0 Å². The summed E-state index contributed by atoms with van der Waals surface area (Å²) in [5.41, 5.74) is 0.148. The van der Waals surface area contributed by atoms with E-state index in [1.54, 1.807) is 19.1 Å². The lowest BCUT2D eigenvalue weighted by atomic mass is 10.2. The number of alkyl carbamates (subject to hydrolysis) is 1. The summed E-state index contributed by atoms with van der Waals surface area (Å²) in [7, 11) is 2.99. The summed E-state index contributed by atoms with van der Waals surface area (Å²) in [5.74, 6) is 0.856. The van der Waals surface area contributed by atoms with E-state index in [9.17, 15) is 14.4 Å². The van der Waals surface area contributed by atoms with Crippen LogP contribution >= 0.6 is 0 Å². The molecule has 0 radical (unpaired) electrons. The Hall–Kier alpha value is -3.14. The zero-order chi connectivity index (χ0) is 20.7. The minimum atomic E-state index is -0.777. The highest BCUT2D eigenvalue weighted by Gasteiger charge is 2.18. The van der Waals surface area contributed by atoms with Crippen molar-refractivity contribution < 1.29 is 28.7 Å². The van der Waals surface area contributed by atoms with Crippen molar-refractivity contribution in [3.63, 3.8) is 0 Å². The van der Waals surface area contributed by atoms with Crippen LogP contribution in [0.5, 0.6) is 11.5 Å². The highest BCUT2D eigenvalue weighted by atomic mass is 16.5. The largest absolute Gasteiger partial charge is 0.493 e. The predicted molar refractivity (Wildman–Crippen MR) is 101 cm³/mol. The lowest BCUT2D eigenvalue weighted by Gasteiger charge is -2.16. The van der Waals surface area contributed by atoms with Crippen LogP contribution in [0.1, 0.15) is 19.7 Å². The molecule has 0 aliphatic carbocycles. The quantitative estimate of drug-likeness (QED) is 0.558. The van der Waals surface area contributed by atoms with Crippen molar-refractivity contribution in [2.24, 2.45) is 0 Å². The second-order valence-electron chi connectivity index (χ2n) is 5.96. The van der Waals surface area contributed by atoms with E-state index < -0.39 is 12.0 Å². The van der Waals surface area contributed by atoms with Crippen LogP contribution in [0, 0.1) is 0 Å². The van der Waals surface area contributed by atoms with Gasteiger partial charge in [0.2, 0.25) is 0 Å².